The Balaban J connectivity index is 1.36. The maximum atomic E-state index is 12.7. The number of hydrogen-bond donors (Lipinski definition) is 1. The topological polar surface area (TPSA) is 91.5 Å². The molecule has 6 rings (SSSR count). The van der Waals surface area contributed by atoms with Crippen molar-refractivity contribution in [2.24, 2.45) is 23.0 Å². The molecule has 0 radical (unpaired) electrons. The molecule has 4 aliphatic rings. The third-order valence-electron chi connectivity index (χ3n) is 8.89. The summed E-state index contributed by atoms with van der Waals surface area (Å²) in [6, 6.07) is 8.71. The zero-order valence-electron chi connectivity index (χ0n) is 19.6. The van der Waals surface area contributed by atoms with E-state index in [1.165, 1.54) is 16.5 Å². The number of ketones is 1. The number of pyridine rings is 1. The summed E-state index contributed by atoms with van der Waals surface area (Å²) in [5.41, 5.74) is 8.65. The molecular weight excluding hydrogens is 428 g/mol. The van der Waals surface area contributed by atoms with E-state index >= 15 is 0 Å². The van der Waals surface area contributed by atoms with Gasteiger partial charge in [-0.15, -0.1) is 0 Å². The third kappa shape index (κ3) is 3.15. The van der Waals surface area contributed by atoms with Crippen molar-refractivity contribution in [3.63, 3.8) is 0 Å². The predicted octanol–water partition coefficient (Wildman–Crippen LogP) is 4.20. The van der Waals surface area contributed by atoms with E-state index in [0.29, 0.717) is 17.8 Å². The lowest BCUT2D eigenvalue weighted by molar-refractivity contribution is -0.127. The monoisotopic (exact) mass is 458 g/mol. The lowest BCUT2D eigenvalue weighted by Gasteiger charge is -2.48. The number of aromatic nitrogens is 1. The van der Waals surface area contributed by atoms with Crippen molar-refractivity contribution < 1.29 is 19.1 Å². The molecule has 6 atom stereocenters. The number of Topliss-reactive ketones (excluding diaryl/α,β-unsaturated/α-hetero) is 1. The second-order valence-electron chi connectivity index (χ2n) is 10.6. The summed E-state index contributed by atoms with van der Waals surface area (Å²) in [5, 5.41) is 2.32. The maximum Gasteiger partial charge on any atom is 0.221 e. The molecular formula is C28H30N2O4. The third-order valence-corrected chi connectivity index (χ3v) is 8.89. The minimum atomic E-state index is -0.481. The number of amides is 1. The number of primary amides is 1. The van der Waals surface area contributed by atoms with Crippen LogP contribution in [0.1, 0.15) is 50.5 Å². The van der Waals surface area contributed by atoms with E-state index in [0.717, 1.165) is 24.6 Å². The van der Waals surface area contributed by atoms with Gasteiger partial charge in [-0.3, -0.25) is 14.6 Å². The highest BCUT2D eigenvalue weighted by molar-refractivity contribution is 6.02. The molecule has 176 valence electrons. The summed E-state index contributed by atoms with van der Waals surface area (Å²) in [6.45, 7) is 2.37. The fourth-order valence-electron chi connectivity index (χ4n) is 7.08. The molecule has 0 saturated heterocycles. The molecule has 1 unspecified atom stereocenters. The van der Waals surface area contributed by atoms with Crippen molar-refractivity contribution in [1.82, 2.24) is 4.98 Å². The molecule has 0 bridgehead atoms. The first-order chi connectivity index (χ1) is 16.4. The molecule has 1 amide bonds. The lowest BCUT2D eigenvalue weighted by Crippen LogP contribution is -2.44. The molecule has 34 heavy (non-hydrogen) atoms. The van der Waals surface area contributed by atoms with Crippen LogP contribution in [-0.4, -0.2) is 36.0 Å². The normalized spacial score (nSPS) is 34.7. The first-order valence-corrected chi connectivity index (χ1v) is 12.2. The molecule has 2 saturated carbocycles. The molecule has 0 spiro atoms. The summed E-state index contributed by atoms with van der Waals surface area (Å²) in [5.74, 6) is 0.188. The van der Waals surface area contributed by atoms with Crippen molar-refractivity contribution >= 4 is 22.5 Å². The van der Waals surface area contributed by atoms with Gasteiger partial charge in [0.25, 0.3) is 0 Å². The fourth-order valence-corrected chi connectivity index (χ4v) is 7.08. The number of nitrogens with two attached hydrogens (primary N) is 1. The highest BCUT2D eigenvalue weighted by Crippen LogP contribution is 2.62. The fraction of sp³-hybridized carbons (Fsp3) is 0.464. The number of fused-ring (bicyclic) bond motifs is 4. The Morgan fingerprint density at radius 1 is 1.24 bits per heavy atom. The number of hydrogen-bond acceptors (Lipinski definition) is 5. The zero-order valence-corrected chi connectivity index (χ0v) is 19.6. The maximum absolute atomic E-state index is 12.7. The Morgan fingerprint density at radius 3 is 2.88 bits per heavy atom. The van der Waals surface area contributed by atoms with Gasteiger partial charge < -0.3 is 15.2 Å². The first-order valence-electron chi connectivity index (χ1n) is 12.2. The number of methoxy groups -OCH3 is 1. The van der Waals surface area contributed by atoms with Gasteiger partial charge in [0.2, 0.25) is 5.91 Å². The van der Waals surface area contributed by atoms with Gasteiger partial charge in [0, 0.05) is 49.6 Å². The Morgan fingerprint density at radius 2 is 2.09 bits per heavy atom. The summed E-state index contributed by atoms with van der Waals surface area (Å²) < 4.78 is 12.7. The van der Waals surface area contributed by atoms with Crippen LogP contribution in [0.5, 0.6) is 0 Å². The molecule has 6 heteroatoms. The number of nitrogens with zero attached hydrogens (tertiary/aromatic N) is 1. The zero-order chi connectivity index (χ0) is 23.6. The molecule has 2 heterocycles. The van der Waals surface area contributed by atoms with Crippen LogP contribution in [0, 0.1) is 17.3 Å². The van der Waals surface area contributed by atoms with Crippen LogP contribution in [0.15, 0.2) is 59.6 Å². The lowest BCUT2D eigenvalue weighted by atomic mass is 9.61. The van der Waals surface area contributed by atoms with Crippen LogP contribution >= 0.6 is 0 Å². The van der Waals surface area contributed by atoms with E-state index in [1.807, 2.05) is 18.5 Å². The van der Waals surface area contributed by atoms with Crippen LogP contribution in [0.4, 0.5) is 0 Å². The molecule has 2 fully saturated rings. The molecule has 1 aromatic carbocycles. The first kappa shape index (κ1) is 21.5. The Hall–Kier alpha value is -2.99. The van der Waals surface area contributed by atoms with Crippen LogP contribution < -0.4 is 5.73 Å². The van der Waals surface area contributed by atoms with Gasteiger partial charge >= 0.3 is 0 Å². The van der Waals surface area contributed by atoms with Crippen LogP contribution in [0.3, 0.4) is 0 Å². The van der Waals surface area contributed by atoms with E-state index < -0.39 is 11.8 Å². The molecule has 1 aliphatic heterocycles. The smallest absolute Gasteiger partial charge is 0.221 e. The molecule has 2 aromatic rings. The van der Waals surface area contributed by atoms with Crippen molar-refractivity contribution in [3.8, 4) is 0 Å². The minimum absolute atomic E-state index is 0.0155. The van der Waals surface area contributed by atoms with Gasteiger partial charge in [-0.1, -0.05) is 19.1 Å². The molecule has 2 N–H and O–H groups in total. The molecule has 6 nitrogen and oxygen atoms in total. The second kappa shape index (κ2) is 7.77. The number of ether oxygens (including phenoxy) is 2. The Labute approximate surface area is 199 Å². The Kier molecular flexibility index (Phi) is 4.92. The summed E-state index contributed by atoms with van der Waals surface area (Å²) in [4.78, 5) is 28.9. The second-order valence-corrected chi connectivity index (χ2v) is 10.6. The van der Waals surface area contributed by atoms with Crippen molar-refractivity contribution in [2.45, 2.75) is 57.2 Å². The number of allylic oxidation sites excluding steroid dienone is 3. The highest BCUT2D eigenvalue weighted by atomic mass is 16.5. The van der Waals surface area contributed by atoms with Crippen molar-refractivity contribution in [3.05, 3.63) is 65.2 Å². The average Bonchev–Trinajstić information content (AvgIpc) is 3.15. The van der Waals surface area contributed by atoms with Gasteiger partial charge in [-0.25, -0.2) is 0 Å². The van der Waals surface area contributed by atoms with E-state index in [1.54, 1.807) is 7.11 Å². The largest absolute Gasteiger partial charge is 0.489 e. The quantitative estimate of drug-likeness (QED) is 0.744. The molecule has 3 aliphatic carbocycles. The van der Waals surface area contributed by atoms with Gasteiger partial charge in [-0.05, 0) is 59.4 Å². The Bertz CT molecular complexity index is 1260. The van der Waals surface area contributed by atoms with Crippen molar-refractivity contribution in [2.75, 3.05) is 7.11 Å². The van der Waals surface area contributed by atoms with Gasteiger partial charge in [0.15, 0.2) is 5.78 Å². The summed E-state index contributed by atoms with van der Waals surface area (Å²) in [7, 11) is 1.80. The van der Waals surface area contributed by atoms with E-state index in [4.69, 9.17) is 15.2 Å². The summed E-state index contributed by atoms with van der Waals surface area (Å²) in [6.07, 6.45) is 9.17. The van der Waals surface area contributed by atoms with Gasteiger partial charge in [-0.2, -0.15) is 0 Å². The minimum Gasteiger partial charge on any atom is -0.489 e. The molecule has 1 aromatic heterocycles. The SMILES string of the molecule is CO[C@@H]1C[C@H]2[C@@H]3OC4=C(C=C3CC[C@]2(C)[C@H]1c1ccc2ccncc2c1)C(=O)CC(C(N)=O)C4. The number of carbonyl (C=O) groups excluding carboxylic acids is 2. The van der Waals surface area contributed by atoms with E-state index in [2.05, 4.69) is 36.2 Å². The van der Waals surface area contributed by atoms with Gasteiger partial charge in [0.1, 0.15) is 11.9 Å². The predicted molar refractivity (Wildman–Crippen MR) is 128 cm³/mol. The van der Waals surface area contributed by atoms with Gasteiger partial charge in [0.05, 0.1) is 17.6 Å². The number of carbonyl (C=O) groups is 2. The van der Waals surface area contributed by atoms with Crippen LogP contribution in [-0.2, 0) is 19.1 Å². The standard InChI is InChI=1S/C28H30N2O4/c1-28-7-5-17-10-20-22(31)11-18(27(29)32)12-23(20)34-26(17)21(28)13-24(33-2)25(28)16-4-3-15-6-8-30-14-19(15)9-16/h3-4,6,8-10,14,18,21,24-26H,5,7,11-13H2,1-2H3,(H2,29,32)/t18?,21-,24+,25-,26+,28-/m0/s1. The van der Waals surface area contributed by atoms with E-state index in [-0.39, 0.29) is 41.7 Å². The van der Waals surface area contributed by atoms with Crippen molar-refractivity contribution in [1.29, 1.82) is 0 Å². The van der Waals surface area contributed by atoms with E-state index in [9.17, 15) is 9.59 Å². The highest BCUT2D eigenvalue weighted by Gasteiger charge is 2.59. The summed E-state index contributed by atoms with van der Waals surface area (Å²) >= 11 is 0. The number of rotatable bonds is 3. The average molecular weight is 459 g/mol. The van der Waals surface area contributed by atoms with Crippen LogP contribution in [0.2, 0.25) is 0 Å². The number of benzene rings is 1. The van der Waals surface area contributed by atoms with Crippen LogP contribution in [0.25, 0.3) is 10.8 Å².